The highest BCUT2D eigenvalue weighted by molar-refractivity contribution is 5.70. The first-order valence-electron chi connectivity index (χ1n) is 10.5. The van der Waals surface area contributed by atoms with Crippen LogP contribution in [-0.4, -0.2) is 53.3 Å². The number of halogens is 1. The van der Waals surface area contributed by atoms with Gasteiger partial charge in [0.15, 0.2) is 11.6 Å². The Morgan fingerprint density at radius 1 is 1.29 bits per heavy atom. The predicted octanol–water partition coefficient (Wildman–Crippen LogP) is 3.48. The number of nitrogens with one attached hydrogen (secondary N) is 3. The molecule has 11 heteroatoms. The van der Waals surface area contributed by atoms with E-state index in [2.05, 4.69) is 48.6 Å². The van der Waals surface area contributed by atoms with Gasteiger partial charge in [-0.15, -0.1) is 0 Å². The van der Waals surface area contributed by atoms with Crippen LogP contribution in [0.25, 0.3) is 11.9 Å². The van der Waals surface area contributed by atoms with Gasteiger partial charge < -0.3 is 30.0 Å². The minimum Gasteiger partial charge on any atom is -0.493 e. The number of aromatic nitrogens is 4. The standard InChI is InChI=1S/C23H24FN7O3/c1-4-15-11-17(22(32)30-20(15)14(2)24)28-19-5-6-25-23(29-19)27-16-12-18(33-3)21(26-13-16)31-7-9-34-10-8-31/h4-6,11-13H,1-2,7-10H2,3H3,(H,30,32)(H2,25,27,28,29). The molecule has 0 atom stereocenters. The molecule has 0 aliphatic carbocycles. The van der Waals surface area contributed by atoms with Gasteiger partial charge in [0.05, 0.1) is 37.9 Å². The Kier molecular flexibility index (Phi) is 6.83. The summed E-state index contributed by atoms with van der Waals surface area (Å²) in [5, 5.41) is 6.01. The number of hydrogen-bond acceptors (Lipinski definition) is 9. The van der Waals surface area contributed by atoms with E-state index in [-0.39, 0.29) is 17.3 Å². The Morgan fingerprint density at radius 2 is 2.09 bits per heavy atom. The number of H-pyrrole nitrogens is 1. The normalized spacial score (nSPS) is 13.3. The fraction of sp³-hybridized carbons (Fsp3) is 0.217. The summed E-state index contributed by atoms with van der Waals surface area (Å²) in [6.07, 6.45) is 4.63. The maximum atomic E-state index is 13.6. The van der Waals surface area contributed by atoms with Crippen molar-refractivity contribution in [3.63, 3.8) is 0 Å². The van der Waals surface area contributed by atoms with Crippen molar-refractivity contribution >= 4 is 40.9 Å². The van der Waals surface area contributed by atoms with E-state index in [0.29, 0.717) is 36.0 Å². The Morgan fingerprint density at radius 3 is 2.79 bits per heavy atom. The second-order valence-corrected chi connectivity index (χ2v) is 7.32. The number of rotatable bonds is 8. The molecule has 0 saturated carbocycles. The van der Waals surface area contributed by atoms with Gasteiger partial charge in [-0.1, -0.05) is 19.2 Å². The number of nitrogens with zero attached hydrogens (tertiary/aromatic N) is 4. The molecule has 1 fully saturated rings. The zero-order chi connectivity index (χ0) is 24.1. The monoisotopic (exact) mass is 465 g/mol. The molecule has 0 spiro atoms. The molecule has 0 radical (unpaired) electrons. The molecule has 10 nitrogen and oxygen atoms in total. The largest absolute Gasteiger partial charge is 0.493 e. The molecule has 1 saturated heterocycles. The van der Waals surface area contributed by atoms with Crippen LogP contribution >= 0.6 is 0 Å². The average molecular weight is 465 g/mol. The van der Waals surface area contributed by atoms with E-state index in [0.717, 1.165) is 18.9 Å². The van der Waals surface area contributed by atoms with E-state index in [1.54, 1.807) is 19.4 Å². The van der Waals surface area contributed by atoms with Crippen LogP contribution in [0.15, 0.2) is 48.5 Å². The summed E-state index contributed by atoms with van der Waals surface area (Å²) in [6.45, 7) is 9.62. The van der Waals surface area contributed by atoms with E-state index in [9.17, 15) is 9.18 Å². The third kappa shape index (κ3) is 5.04. The van der Waals surface area contributed by atoms with Crippen LogP contribution in [0.2, 0.25) is 0 Å². The van der Waals surface area contributed by atoms with Crippen LogP contribution in [-0.2, 0) is 4.74 Å². The smallest absolute Gasteiger partial charge is 0.272 e. The molecular weight excluding hydrogens is 441 g/mol. The number of hydrogen-bond donors (Lipinski definition) is 3. The zero-order valence-electron chi connectivity index (χ0n) is 18.6. The maximum absolute atomic E-state index is 13.6. The lowest BCUT2D eigenvalue weighted by Gasteiger charge is -2.29. The predicted molar refractivity (Wildman–Crippen MR) is 130 cm³/mol. The number of morpholine rings is 1. The fourth-order valence-corrected chi connectivity index (χ4v) is 3.45. The van der Waals surface area contributed by atoms with Crippen molar-refractivity contribution in [3.05, 3.63) is 65.4 Å². The first-order chi connectivity index (χ1) is 16.5. The topological polar surface area (TPSA) is 117 Å². The summed E-state index contributed by atoms with van der Waals surface area (Å²) in [5.74, 6) is 1.23. The average Bonchev–Trinajstić information content (AvgIpc) is 2.85. The molecule has 4 rings (SSSR count). The van der Waals surface area contributed by atoms with Crippen LogP contribution in [0.1, 0.15) is 11.3 Å². The van der Waals surface area contributed by atoms with Gasteiger partial charge in [0, 0.05) is 30.9 Å². The molecule has 176 valence electrons. The van der Waals surface area contributed by atoms with Gasteiger partial charge in [-0.25, -0.2) is 14.4 Å². The van der Waals surface area contributed by atoms with Crippen LogP contribution in [0.5, 0.6) is 5.75 Å². The molecular formula is C23H24FN7O3. The third-order valence-corrected chi connectivity index (χ3v) is 5.10. The summed E-state index contributed by atoms with van der Waals surface area (Å²) >= 11 is 0. The minimum absolute atomic E-state index is 0.0161. The lowest BCUT2D eigenvalue weighted by molar-refractivity contribution is 0.122. The highest BCUT2D eigenvalue weighted by Gasteiger charge is 2.18. The van der Waals surface area contributed by atoms with Crippen LogP contribution in [0.4, 0.5) is 33.3 Å². The van der Waals surface area contributed by atoms with Crippen LogP contribution in [0.3, 0.4) is 0 Å². The summed E-state index contributed by atoms with van der Waals surface area (Å²) in [4.78, 5) is 30.1. The molecule has 4 heterocycles. The van der Waals surface area contributed by atoms with Gasteiger partial charge in [0.25, 0.3) is 5.56 Å². The van der Waals surface area contributed by atoms with Gasteiger partial charge in [-0.05, 0) is 12.1 Å². The lowest BCUT2D eigenvalue weighted by atomic mass is 10.1. The fourth-order valence-electron chi connectivity index (χ4n) is 3.45. The van der Waals surface area contributed by atoms with Gasteiger partial charge in [0.2, 0.25) is 5.95 Å². The highest BCUT2D eigenvalue weighted by Crippen LogP contribution is 2.30. The van der Waals surface area contributed by atoms with Crippen LogP contribution in [0, 0.1) is 0 Å². The number of pyridine rings is 2. The van der Waals surface area contributed by atoms with E-state index in [1.807, 2.05) is 6.07 Å². The number of ether oxygens (including phenoxy) is 2. The first-order valence-corrected chi connectivity index (χ1v) is 10.5. The van der Waals surface area contributed by atoms with Crippen molar-refractivity contribution < 1.29 is 13.9 Å². The Hall–Kier alpha value is -4.25. The lowest BCUT2D eigenvalue weighted by Crippen LogP contribution is -2.37. The van der Waals surface area contributed by atoms with Crippen molar-refractivity contribution in [2.45, 2.75) is 0 Å². The maximum Gasteiger partial charge on any atom is 0.272 e. The van der Waals surface area contributed by atoms with Gasteiger partial charge >= 0.3 is 0 Å². The van der Waals surface area contributed by atoms with Crippen LogP contribution < -0.4 is 25.8 Å². The van der Waals surface area contributed by atoms with E-state index in [1.165, 1.54) is 18.3 Å². The Labute approximate surface area is 195 Å². The molecule has 3 aromatic rings. The Bertz CT molecular complexity index is 1270. The van der Waals surface area contributed by atoms with Crippen molar-refractivity contribution in [1.29, 1.82) is 0 Å². The number of aromatic amines is 1. The van der Waals surface area contributed by atoms with E-state index >= 15 is 0 Å². The molecule has 3 aromatic heterocycles. The summed E-state index contributed by atoms with van der Waals surface area (Å²) < 4.78 is 24.5. The first kappa shape index (κ1) is 22.9. The molecule has 1 aliphatic rings. The molecule has 0 amide bonds. The van der Waals surface area contributed by atoms with Crippen molar-refractivity contribution in [2.75, 3.05) is 48.9 Å². The third-order valence-electron chi connectivity index (χ3n) is 5.10. The van der Waals surface area contributed by atoms with Crippen molar-refractivity contribution in [3.8, 4) is 5.75 Å². The van der Waals surface area contributed by atoms with E-state index < -0.39 is 11.4 Å². The van der Waals surface area contributed by atoms with E-state index in [4.69, 9.17) is 9.47 Å². The van der Waals surface area contributed by atoms with Gasteiger partial charge in [-0.2, -0.15) is 4.98 Å². The summed E-state index contributed by atoms with van der Waals surface area (Å²) in [5.41, 5.74) is 0.643. The minimum atomic E-state index is -0.754. The molecule has 34 heavy (non-hydrogen) atoms. The van der Waals surface area contributed by atoms with Crippen molar-refractivity contribution in [1.82, 2.24) is 19.9 Å². The molecule has 3 N–H and O–H groups in total. The quantitative estimate of drug-likeness (QED) is 0.460. The highest BCUT2D eigenvalue weighted by atomic mass is 19.1. The molecule has 0 aromatic carbocycles. The second-order valence-electron chi connectivity index (χ2n) is 7.32. The number of methoxy groups -OCH3 is 1. The Balaban J connectivity index is 1.54. The summed E-state index contributed by atoms with van der Waals surface area (Å²) in [7, 11) is 1.59. The molecule has 1 aliphatic heterocycles. The van der Waals surface area contributed by atoms with Crippen molar-refractivity contribution in [2.24, 2.45) is 0 Å². The molecule has 0 bridgehead atoms. The molecule has 0 unspecified atom stereocenters. The summed E-state index contributed by atoms with van der Waals surface area (Å²) in [6, 6.07) is 4.88. The van der Waals surface area contributed by atoms with Gasteiger partial charge in [-0.3, -0.25) is 4.79 Å². The number of anilines is 5. The second kappa shape index (κ2) is 10.1. The zero-order valence-corrected chi connectivity index (χ0v) is 18.6. The SMILES string of the molecule is C=Cc1cc(Nc2ccnc(Nc3cnc(N4CCOCC4)c(OC)c3)n2)c(=O)[nH]c1C(=C)F. The van der Waals surface area contributed by atoms with Gasteiger partial charge in [0.1, 0.15) is 17.3 Å².